The summed E-state index contributed by atoms with van der Waals surface area (Å²) in [4.78, 5) is 5.25. The fourth-order valence-electron chi connectivity index (χ4n) is 9.83. The molecule has 11 aromatic rings. The van der Waals surface area contributed by atoms with Gasteiger partial charge in [-0.2, -0.15) is 18.2 Å². The first kappa shape index (κ1) is 38.3. The monoisotopic (exact) mass is 1140 g/mol. The molecule has 5 nitrogen and oxygen atoms in total. The van der Waals surface area contributed by atoms with Crippen molar-refractivity contribution in [2.75, 3.05) is 0 Å². The molecule has 0 bridgehead atoms. The maximum Gasteiger partial charge on any atom is 0.268 e. The average Bonchev–Trinajstić information content (AvgIpc) is 4.22. The molecule has 0 fully saturated rings. The Labute approximate surface area is 459 Å². The number of hydrogen-bond donors (Lipinski definition) is 0. The molecule has 3 heterocycles. The van der Waals surface area contributed by atoms with Gasteiger partial charge in [-0.3, -0.25) is 4.57 Å². The van der Waals surface area contributed by atoms with Crippen LogP contribution in [0.25, 0.3) is 83.4 Å². The summed E-state index contributed by atoms with van der Waals surface area (Å²) in [5, 5.41) is 2.06. The van der Waals surface area contributed by atoms with Crippen molar-refractivity contribution in [3.8, 4) is 62.1 Å². The molecule has 0 aliphatic heterocycles. The van der Waals surface area contributed by atoms with Crippen LogP contribution >= 0.6 is 0 Å². The summed E-state index contributed by atoms with van der Waals surface area (Å²) in [5.41, 5.74) is 9.45. The molecule has 366 valence electrons. The van der Waals surface area contributed by atoms with E-state index in [-0.39, 0.29) is 65.8 Å². The molecule has 8 aromatic carbocycles. The number of nitrogens with zero attached hydrogens (tertiary/aromatic N) is 4. The minimum atomic E-state index is -0.572. The fourth-order valence-corrected chi connectivity index (χ4v) is 9.83. The third-order valence-corrected chi connectivity index (χ3v) is 13.7. The van der Waals surface area contributed by atoms with Crippen LogP contribution in [0.3, 0.4) is 0 Å². The molecule has 0 saturated heterocycles. The van der Waals surface area contributed by atoms with Crippen LogP contribution in [0, 0.1) is 18.5 Å². The minimum Gasteiger partial charge on any atom is -0.510 e. The van der Waals surface area contributed by atoms with Crippen molar-refractivity contribution < 1.29 is 44.1 Å². The van der Waals surface area contributed by atoms with E-state index in [1.54, 1.807) is 33.4 Å². The third-order valence-electron chi connectivity index (χ3n) is 13.7. The van der Waals surface area contributed by atoms with Crippen molar-refractivity contribution in [1.29, 1.82) is 0 Å². The van der Waals surface area contributed by atoms with E-state index >= 15 is 0 Å². The standard InChI is InChI=1S/C67H60N4O.Pt/c1-9-45(10-2)57-42-64(68-43-59(57)48-31-33-49(34-32-48)66(3,4)5)71-60-38-35-50(67(6,7)8)39-58(60)56-37-36-53(41-63(56)71)72-52-26-19-25-51(40-52)69-44-70(62-30-18-17-29-61(62)69)65-54(46-21-13-11-14-22-46)27-20-28-55(65)47-23-15-12-16-24-47;/h11-39,42-43,45H,9-10H2,1-8H3;/q-2;/i11D,12D,13D,14D,15D,16D,21D,22D,23D,24D;. The quantitative estimate of drug-likeness (QED) is 0.0956. The maximum atomic E-state index is 9.08. The SMILES string of the molecule is [2H]c1c([2H])c([2H])c(-c2cccc(-c3c([2H])c([2H])c([2H])c([2H])c3[2H])c2-[n+]2[c-]n(-c3[c-]c(Oc4[c-]c5c(cc4)c4cc(C(C)(C)C)ccc4n5-c4cc(C(CC)CC)c(-c5ccc(C(C)(C)C)cc5)cn4)ccc3)c3ccccc32)c([2H])c1[2H].[Pt]. The Morgan fingerprint density at radius 2 is 1.23 bits per heavy atom. The second-order valence-electron chi connectivity index (χ2n) is 20.3. The number of benzene rings is 8. The molecule has 11 rings (SSSR count). The molecule has 0 saturated carbocycles. The third kappa shape index (κ3) is 9.37. The van der Waals surface area contributed by atoms with E-state index in [0.29, 0.717) is 28.2 Å². The predicted molar refractivity (Wildman–Crippen MR) is 297 cm³/mol. The van der Waals surface area contributed by atoms with Gasteiger partial charge in [0.2, 0.25) is 0 Å². The molecule has 0 unspecified atom stereocenters. The number of ether oxygens (including phenoxy) is 1. The Balaban J connectivity index is 0.00000769. The first-order valence-corrected chi connectivity index (χ1v) is 24.6. The molecule has 0 aliphatic rings. The van der Waals surface area contributed by atoms with Crippen LogP contribution in [0.1, 0.15) is 105 Å². The van der Waals surface area contributed by atoms with Gasteiger partial charge in [0.15, 0.2) is 0 Å². The second-order valence-corrected chi connectivity index (χ2v) is 20.3. The number of imidazole rings is 1. The van der Waals surface area contributed by atoms with Gasteiger partial charge in [0.1, 0.15) is 5.82 Å². The van der Waals surface area contributed by atoms with Crippen LogP contribution in [0.5, 0.6) is 11.5 Å². The summed E-state index contributed by atoms with van der Waals surface area (Å²) in [6.45, 7) is 17.8. The van der Waals surface area contributed by atoms with E-state index in [1.807, 2.05) is 48.7 Å². The Morgan fingerprint density at radius 3 is 1.89 bits per heavy atom. The Kier molecular flexibility index (Phi) is 10.5. The summed E-state index contributed by atoms with van der Waals surface area (Å²) in [6.07, 6.45) is 7.38. The molecule has 73 heavy (non-hydrogen) atoms. The fraction of sp³-hybridized carbons (Fsp3) is 0.194. The summed E-state index contributed by atoms with van der Waals surface area (Å²) in [5.74, 6) is 1.85. The predicted octanol–water partition coefficient (Wildman–Crippen LogP) is 17.1. The number of fused-ring (bicyclic) bond motifs is 4. The van der Waals surface area contributed by atoms with Crippen LogP contribution in [-0.2, 0) is 31.9 Å². The topological polar surface area (TPSA) is 35.9 Å². The molecule has 0 aliphatic carbocycles. The molecule has 3 aromatic heterocycles. The van der Waals surface area contributed by atoms with Gasteiger partial charge in [-0.25, -0.2) is 4.98 Å². The second kappa shape index (κ2) is 19.9. The van der Waals surface area contributed by atoms with Gasteiger partial charge >= 0.3 is 0 Å². The van der Waals surface area contributed by atoms with Gasteiger partial charge in [-0.1, -0.05) is 200 Å². The summed E-state index contributed by atoms with van der Waals surface area (Å²) in [7, 11) is 0. The van der Waals surface area contributed by atoms with Crippen molar-refractivity contribution in [3.05, 3.63) is 223 Å². The molecule has 0 amide bonds. The molecular formula is C67H60N4OPt-2. The molecule has 6 heteroatoms. The molecule has 0 radical (unpaired) electrons. The van der Waals surface area contributed by atoms with Crippen LogP contribution in [0.2, 0.25) is 0 Å². The zero-order chi connectivity index (χ0) is 58.4. The molecule has 0 N–H and O–H groups in total. The van der Waals surface area contributed by atoms with E-state index in [0.717, 1.165) is 51.6 Å². The first-order valence-electron chi connectivity index (χ1n) is 29.6. The number of aromatic nitrogens is 4. The van der Waals surface area contributed by atoms with Gasteiger partial charge < -0.3 is 13.9 Å². The molecule has 0 atom stereocenters. The Morgan fingerprint density at radius 1 is 0.603 bits per heavy atom. The summed E-state index contributed by atoms with van der Waals surface area (Å²) >= 11 is 0. The number of hydrogen-bond acceptors (Lipinski definition) is 2. The largest absolute Gasteiger partial charge is 0.510 e. The zero-order valence-corrected chi connectivity index (χ0v) is 44.4. The van der Waals surface area contributed by atoms with Gasteiger partial charge in [0.05, 0.1) is 30.4 Å². The summed E-state index contributed by atoms with van der Waals surface area (Å²) in [6, 6.07) is 41.2. The number of para-hydroxylation sites is 3. The van der Waals surface area contributed by atoms with Crippen molar-refractivity contribution in [2.24, 2.45) is 0 Å². The minimum absolute atomic E-state index is 0. The zero-order valence-electron chi connectivity index (χ0n) is 52.1. The van der Waals surface area contributed by atoms with E-state index in [4.69, 9.17) is 23.4 Å². The first-order chi connectivity index (χ1) is 39.0. The van der Waals surface area contributed by atoms with Gasteiger partial charge in [-0.05, 0) is 97.3 Å². The van der Waals surface area contributed by atoms with Gasteiger partial charge in [0.25, 0.3) is 6.33 Å². The smallest absolute Gasteiger partial charge is 0.268 e. The Hall–Kier alpha value is -7.33. The summed E-state index contributed by atoms with van der Waals surface area (Å²) < 4.78 is 99.9. The van der Waals surface area contributed by atoms with Crippen molar-refractivity contribution in [1.82, 2.24) is 14.1 Å². The van der Waals surface area contributed by atoms with E-state index < -0.39 is 60.4 Å². The van der Waals surface area contributed by atoms with E-state index in [1.165, 1.54) is 16.7 Å². The molecule has 0 spiro atoms. The van der Waals surface area contributed by atoms with E-state index in [9.17, 15) is 0 Å². The van der Waals surface area contributed by atoms with E-state index in [2.05, 4.69) is 133 Å². The van der Waals surface area contributed by atoms with Crippen LogP contribution in [-0.4, -0.2) is 14.1 Å². The van der Waals surface area contributed by atoms with Gasteiger partial charge in [-0.15, -0.1) is 29.7 Å². The van der Waals surface area contributed by atoms with Crippen molar-refractivity contribution >= 4 is 32.8 Å². The van der Waals surface area contributed by atoms with Gasteiger partial charge in [0, 0.05) is 49.8 Å². The maximum absolute atomic E-state index is 9.08. The number of rotatable bonds is 11. The van der Waals surface area contributed by atoms with Crippen LogP contribution in [0.15, 0.2) is 188 Å². The normalized spacial score (nSPS) is 13.9. The Bertz CT molecular complexity index is 4240. The number of pyridine rings is 1. The van der Waals surface area contributed by atoms with Crippen molar-refractivity contribution in [3.63, 3.8) is 0 Å². The van der Waals surface area contributed by atoms with Crippen molar-refractivity contribution in [2.45, 2.75) is 85.0 Å². The van der Waals surface area contributed by atoms with Crippen LogP contribution in [0.4, 0.5) is 0 Å². The van der Waals surface area contributed by atoms with Crippen LogP contribution < -0.4 is 9.30 Å². The molecular weight excluding hydrogens is 1070 g/mol. The average molecular weight is 1140 g/mol.